The van der Waals surface area contributed by atoms with Crippen molar-refractivity contribution in [3.05, 3.63) is 59.9 Å². The van der Waals surface area contributed by atoms with Gasteiger partial charge in [-0.15, -0.1) is 10.2 Å². The van der Waals surface area contributed by atoms with E-state index in [0.717, 1.165) is 25.8 Å². The Morgan fingerprint density at radius 2 is 1.89 bits per heavy atom. The van der Waals surface area contributed by atoms with E-state index < -0.39 is 0 Å². The number of piperazine rings is 1. The van der Waals surface area contributed by atoms with Crippen molar-refractivity contribution in [1.82, 2.24) is 20.3 Å². The molecule has 0 saturated carbocycles. The molecule has 0 radical (unpaired) electrons. The molecule has 2 aromatic carbocycles. The highest BCUT2D eigenvalue weighted by Crippen LogP contribution is 2.29. The Hall–Kier alpha value is -3.44. The summed E-state index contributed by atoms with van der Waals surface area (Å²) in [6, 6.07) is 15.9. The minimum Gasteiger partial charge on any atom is -0.360 e. The van der Waals surface area contributed by atoms with E-state index in [1.54, 1.807) is 13.0 Å². The molecule has 0 unspecified atom stereocenters. The van der Waals surface area contributed by atoms with Gasteiger partial charge in [0.1, 0.15) is 5.76 Å². The third kappa shape index (κ3) is 5.63. The molecule has 0 bridgehead atoms. The molecule has 9 nitrogen and oxygen atoms in total. The van der Waals surface area contributed by atoms with Crippen molar-refractivity contribution >= 4 is 56.6 Å². The number of hydrogen-bond acceptors (Lipinski definition) is 9. The number of nitrogens with zero attached hydrogens (tertiary/aromatic N) is 5. The van der Waals surface area contributed by atoms with E-state index in [-0.39, 0.29) is 17.6 Å². The van der Waals surface area contributed by atoms with Crippen LogP contribution in [0.25, 0.3) is 10.8 Å². The minimum absolute atomic E-state index is 0.142. The number of amides is 2. The van der Waals surface area contributed by atoms with Gasteiger partial charge < -0.3 is 19.6 Å². The first-order chi connectivity index (χ1) is 17.0. The first-order valence-electron chi connectivity index (χ1n) is 11.2. The number of hydrogen-bond donors (Lipinski definition) is 1. The van der Waals surface area contributed by atoms with Crippen molar-refractivity contribution in [2.24, 2.45) is 0 Å². The fourth-order valence-electron chi connectivity index (χ4n) is 3.99. The van der Waals surface area contributed by atoms with Gasteiger partial charge in [-0.1, -0.05) is 70.7 Å². The van der Waals surface area contributed by atoms with E-state index in [9.17, 15) is 9.59 Å². The van der Waals surface area contributed by atoms with Crippen molar-refractivity contribution in [3.63, 3.8) is 0 Å². The minimum atomic E-state index is -0.182. The number of nitrogens with one attached hydrogen (secondary N) is 1. The van der Waals surface area contributed by atoms with Gasteiger partial charge in [0.15, 0.2) is 10.2 Å². The quantitative estimate of drug-likeness (QED) is 0.378. The molecule has 1 N–H and O–H groups in total. The Kier molecular flexibility index (Phi) is 6.96. The van der Waals surface area contributed by atoms with E-state index in [2.05, 4.69) is 43.8 Å². The first kappa shape index (κ1) is 23.3. The average molecular weight is 509 g/mol. The zero-order chi connectivity index (χ0) is 24.2. The lowest BCUT2D eigenvalue weighted by atomic mass is 10.0. The number of carbonyl (C=O) groups is 2. The molecule has 0 atom stereocenters. The first-order valence-corrected chi connectivity index (χ1v) is 13.0. The Balaban J connectivity index is 1.11. The fourth-order valence-corrected chi connectivity index (χ4v) is 5.68. The van der Waals surface area contributed by atoms with Crippen LogP contribution >= 0.6 is 23.1 Å². The number of rotatable bonds is 7. The highest BCUT2D eigenvalue weighted by molar-refractivity contribution is 8.01. The van der Waals surface area contributed by atoms with Crippen LogP contribution in [0.4, 0.5) is 10.9 Å². The monoisotopic (exact) mass is 508 g/mol. The number of thioether (sulfide) groups is 1. The maximum absolute atomic E-state index is 13.0. The van der Waals surface area contributed by atoms with Crippen LogP contribution in [0.15, 0.2) is 57.4 Å². The summed E-state index contributed by atoms with van der Waals surface area (Å²) >= 11 is 2.78. The van der Waals surface area contributed by atoms with E-state index in [1.165, 1.54) is 23.1 Å². The van der Waals surface area contributed by atoms with Gasteiger partial charge in [-0.05, 0) is 23.3 Å². The maximum Gasteiger partial charge on any atom is 0.236 e. The summed E-state index contributed by atoms with van der Waals surface area (Å²) in [5, 5.41) is 18.0. The van der Waals surface area contributed by atoms with E-state index in [4.69, 9.17) is 4.52 Å². The number of carbonyl (C=O) groups excluding carboxylic acids is 2. The number of anilines is 2. The van der Waals surface area contributed by atoms with Crippen LogP contribution in [-0.2, 0) is 16.0 Å². The number of aryl methyl sites for hydroxylation is 1. The molecule has 35 heavy (non-hydrogen) atoms. The standard InChI is InChI=1S/C24H24N6O3S2/c1-16-13-20(28-33-16)25-21(31)15-34-24-27-26-23(35-24)30-11-9-29(10-12-30)22(32)14-18-7-4-6-17-5-2-3-8-19(17)18/h2-8,13H,9-12,14-15H2,1H3,(H,25,28,31). The molecule has 0 spiro atoms. The van der Waals surface area contributed by atoms with Crippen molar-refractivity contribution in [2.75, 3.05) is 42.1 Å². The van der Waals surface area contributed by atoms with Crippen molar-refractivity contribution in [1.29, 1.82) is 0 Å². The molecule has 0 aliphatic carbocycles. The summed E-state index contributed by atoms with van der Waals surface area (Å²) in [7, 11) is 0. The highest BCUT2D eigenvalue weighted by atomic mass is 32.2. The second-order valence-electron chi connectivity index (χ2n) is 8.19. The van der Waals surface area contributed by atoms with Gasteiger partial charge in [0.25, 0.3) is 0 Å². The van der Waals surface area contributed by atoms with Crippen LogP contribution in [-0.4, -0.2) is 64.0 Å². The fraction of sp³-hybridized carbons (Fsp3) is 0.292. The maximum atomic E-state index is 13.0. The summed E-state index contributed by atoms with van der Waals surface area (Å²) in [6.45, 7) is 4.45. The summed E-state index contributed by atoms with van der Waals surface area (Å²) in [4.78, 5) is 29.1. The summed E-state index contributed by atoms with van der Waals surface area (Å²) in [5.41, 5.74) is 1.06. The van der Waals surface area contributed by atoms with Gasteiger partial charge in [0.05, 0.1) is 12.2 Å². The smallest absolute Gasteiger partial charge is 0.236 e. The van der Waals surface area contributed by atoms with Crippen LogP contribution in [0.2, 0.25) is 0 Å². The van der Waals surface area contributed by atoms with E-state index >= 15 is 0 Å². The van der Waals surface area contributed by atoms with Crippen LogP contribution in [0, 0.1) is 6.92 Å². The van der Waals surface area contributed by atoms with Crippen molar-refractivity contribution in [3.8, 4) is 0 Å². The number of fused-ring (bicyclic) bond motifs is 1. The lowest BCUT2D eigenvalue weighted by Crippen LogP contribution is -2.49. The Labute approximate surface area is 210 Å². The molecule has 4 aromatic rings. The molecular weight excluding hydrogens is 484 g/mol. The second kappa shape index (κ2) is 10.4. The van der Waals surface area contributed by atoms with Gasteiger partial charge in [-0.3, -0.25) is 9.59 Å². The summed E-state index contributed by atoms with van der Waals surface area (Å²) < 4.78 is 5.67. The summed E-state index contributed by atoms with van der Waals surface area (Å²) in [5.74, 6) is 1.20. The second-order valence-corrected chi connectivity index (χ2v) is 10.4. The molecule has 11 heteroatoms. The van der Waals surface area contributed by atoms with Crippen LogP contribution in [0.3, 0.4) is 0 Å². The molecule has 2 aromatic heterocycles. The third-order valence-corrected chi connectivity index (χ3v) is 7.86. The van der Waals surface area contributed by atoms with E-state index in [1.807, 2.05) is 29.2 Å². The molecule has 1 saturated heterocycles. The Bertz CT molecular complexity index is 1340. The lowest BCUT2D eigenvalue weighted by Gasteiger charge is -2.34. The van der Waals surface area contributed by atoms with Gasteiger partial charge in [-0.2, -0.15) is 0 Å². The van der Waals surface area contributed by atoms with Gasteiger partial charge in [0.2, 0.25) is 16.9 Å². The number of benzene rings is 2. The molecule has 3 heterocycles. The molecule has 1 aliphatic heterocycles. The van der Waals surface area contributed by atoms with Gasteiger partial charge in [0, 0.05) is 32.2 Å². The van der Waals surface area contributed by atoms with Gasteiger partial charge in [-0.25, -0.2) is 0 Å². The molecular formula is C24H24N6O3S2. The van der Waals surface area contributed by atoms with Gasteiger partial charge >= 0.3 is 0 Å². The molecule has 5 rings (SSSR count). The zero-order valence-corrected chi connectivity index (χ0v) is 20.8. The average Bonchev–Trinajstić information content (AvgIpc) is 3.52. The summed E-state index contributed by atoms with van der Waals surface area (Å²) in [6.07, 6.45) is 0.400. The predicted molar refractivity (Wildman–Crippen MR) is 137 cm³/mol. The van der Waals surface area contributed by atoms with Crippen molar-refractivity contribution in [2.45, 2.75) is 17.7 Å². The zero-order valence-electron chi connectivity index (χ0n) is 19.1. The molecule has 1 aliphatic rings. The van der Waals surface area contributed by atoms with Crippen LogP contribution < -0.4 is 10.2 Å². The largest absolute Gasteiger partial charge is 0.360 e. The topological polar surface area (TPSA) is 104 Å². The van der Waals surface area contributed by atoms with E-state index in [0.29, 0.717) is 44.2 Å². The van der Waals surface area contributed by atoms with Crippen LogP contribution in [0.5, 0.6) is 0 Å². The molecule has 1 fully saturated rings. The highest BCUT2D eigenvalue weighted by Gasteiger charge is 2.24. The van der Waals surface area contributed by atoms with Crippen LogP contribution in [0.1, 0.15) is 11.3 Å². The number of aromatic nitrogens is 3. The lowest BCUT2D eigenvalue weighted by molar-refractivity contribution is -0.130. The molecule has 2 amide bonds. The predicted octanol–water partition coefficient (Wildman–Crippen LogP) is 3.61. The molecule has 180 valence electrons. The third-order valence-electron chi connectivity index (χ3n) is 5.74. The Morgan fingerprint density at radius 1 is 1.09 bits per heavy atom. The Morgan fingerprint density at radius 3 is 2.69 bits per heavy atom. The SMILES string of the molecule is Cc1cc(NC(=O)CSc2nnc(N3CCN(C(=O)Cc4cccc5ccccc45)CC3)s2)no1. The normalized spacial score (nSPS) is 13.9. The van der Waals surface area contributed by atoms with Crippen molar-refractivity contribution < 1.29 is 14.1 Å².